The zero-order valence-electron chi connectivity index (χ0n) is 18.3. The summed E-state index contributed by atoms with van der Waals surface area (Å²) in [5.41, 5.74) is 2.37. The van der Waals surface area contributed by atoms with Crippen molar-refractivity contribution >= 4 is 33.2 Å². The van der Waals surface area contributed by atoms with Crippen LogP contribution in [0.5, 0.6) is 0 Å². The van der Waals surface area contributed by atoms with Crippen molar-refractivity contribution in [2.24, 2.45) is 5.92 Å². The van der Waals surface area contributed by atoms with Crippen LogP contribution in [0.15, 0.2) is 53.4 Å². The number of sulfonamides is 1. The van der Waals surface area contributed by atoms with E-state index in [0.717, 1.165) is 36.9 Å². The third-order valence-corrected chi connectivity index (χ3v) is 8.05. The molecule has 2 aromatic rings. The molecule has 0 saturated carbocycles. The van der Waals surface area contributed by atoms with Gasteiger partial charge in [-0.15, -0.1) is 0 Å². The molecule has 1 unspecified atom stereocenters. The monoisotopic (exact) mass is 455 g/mol. The Labute approximate surface area is 189 Å². The summed E-state index contributed by atoms with van der Waals surface area (Å²) in [6, 6.07) is 14.0. The molecule has 0 aliphatic carbocycles. The normalized spacial score (nSPS) is 20.2. The molecule has 0 radical (unpaired) electrons. The van der Waals surface area contributed by atoms with Crippen molar-refractivity contribution in [3.8, 4) is 0 Å². The fourth-order valence-electron chi connectivity index (χ4n) is 4.31. The molecule has 0 bridgehead atoms. The van der Waals surface area contributed by atoms with Crippen LogP contribution in [-0.4, -0.2) is 44.2 Å². The number of nitrogens with one attached hydrogen (secondary N) is 1. The van der Waals surface area contributed by atoms with Crippen LogP contribution in [0.1, 0.15) is 37.7 Å². The van der Waals surface area contributed by atoms with E-state index in [9.17, 15) is 18.0 Å². The van der Waals surface area contributed by atoms with Crippen LogP contribution >= 0.6 is 0 Å². The number of hydrogen-bond acceptors (Lipinski definition) is 4. The van der Waals surface area contributed by atoms with Gasteiger partial charge >= 0.3 is 0 Å². The smallest absolute Gasteiger partial charge is 0.243 e. The molecule has 1 N–H and O–H groups in total. The first-order valence-corrected chi connectivity index (χ1v) is 12.6. The number of anilines is 2. The summed E-state index contributed by atoms with van der Waals surface area (Å²) < 4.78 is 27.4. The zero-order chi connectivity index (χ0) is 22.7. The van der Waals surface area contributed by atoms with E-state index in [0.29, 0.717) is 25.3 Å². The minimum atomic E-state index is -3.53. The standard InChI is InChI=1S/C24H29N3O4S/c1-18-7-6-8-21(15-18)27-17-19(16-23(27)28)24(29)25-20-9-11-22(12-10-20)32(30,31)26-13-4-2-3-5-14-26/h6-12,15,19H,2-5,13-14,16-17H2,1H3,(H,25,29). The summed E-state index contributed by atoms with van der Waals surface area (Å²) in [5.74, 6) is -0.769. The van der Waals surface area contributed by atoms with E-state index in [-0.39, 0.29) is 23.1 Å². The maximum atomic E-state index is 12.9. The van der Waals surface area contributed by atoms with Crippen LogP contribution in [0.3, 0.4) is 0 Å². The Bertz CT molecular complexity index is 1090. The Morgan fingerprint density at radius 1 is 1.00 bits per heavy atom. The second-order valence-electron chi connectivity index (χ2n) is 8.58. The lowest BCUT2D eigenvalue weighted by molar-refractivity contribution is -0.122. The van der Waals surface area contributed by atoms with Crippen molar-refractivity contribution in [1.82, 2.24) is 4.31 Å². The first-order chi connectivity index (χ1) is 15.3. The van der Waals surface area contributed by atoms with Crippen LogP contribution < -0.4 is 10.2 Å². The predicted molar refractivity (Wildman–Crippen MR) is 124 cm³/mol. The maximum absolute atomic E-state index is 12.9. The number of aryl methyl sites for hydroxylation is 1. The summed E-state index contributed by atoms with van der Waals surface area (Å²) in [5, 5.41) is 2.83. The summed E-state index contributed by atoms with van der Waals surface area (Å²) in [6.07, 6.45) is 4.03. The van der Waals surface area contributed by atoms with Crippen LogP contribution in [-0.2, 0) is 19.6 Å². The predicted octanol–water partition coefficient (Wildman–Crippen LogP) is 3.55. The second-order valence-corrected chi connectivity index (χ2v) is 10.5. The fourth-order valence-corrected chi connectivity index (χ4v) is 5.83. The topological polar surface area (TPSA) is 86.8 Å². The van der Waals surface area contributed by atoms with Gasteiger partial charge in [-0.25, -0.2) is 8.42 Å². The van der Waals surface area contributed by atoms with Crippen molar-refractivity contribution in [1.29, 1.82) is 0 Å². The number of benzene rings is 2. The number of carbonyl (C=O) groups is 2. The highest BCUT2D eigenvalue weighted by atomic mass is 32.2. The molecular weight excluding hydrogens is 426 g/mol. The van der Waals surface area contributed by atoms with E-state index in [1.807, 2.05) is 31.2 Å². The average molecular weight is 456 g/mol. The lowest BCUT2D eigenvalue weighted by atomic mass is 10.1. The number of rotatable bonds is 5. The molecule has 7 nitrogen and oxygen atoms in total. The lowest BCUT2D eigenvalue weighted by Crippen LogP contribution is -2.32. The number of amides is 2. The minimum Gasteiger partial charge on any atom is -0.326 e. The van der Waals surface area contributed by atoms with Crippen LogP contribution in [0, 0.1) is 12.8 Å². The SMILES string of the molecule is Cc1cccc(N2CC(C(=O)Nc3ccc(S(=O)(=O)N4CCCCCC4)cc3)CC2=O)c1. The quantitative estimate of drug-likeness (QED) is 0.747. The highest BCUT2D eigenvalue weighted by molar-refractivity contribution is 7.89. The second kappa shape index (κ2) is 9.42. The van der Waals surface area contributed by atoms with Crippen molar-refractivity contribution in [3.63, 3.8) is 0 Å². The first-order valence-electron chi connectivity index (χ1n) is 11.1. The summed E-state index contributed by atoms with van der Waals surface area (Å²) in [7, 11) is -3.53. The van der Waals surface area contributed by atoms with Gasteiger partial charge in [0, 0.05) is 37.4 Å². The molecule has 2 amide bonds. The third kappa shape index (κ3) is 4.86. The van der Waals surface area contributed by atoms with Crippen molar-refractivity contribution in [3.05, 3.63) is 54.1 Å². The van der Waals surface area contributed by atoms with Gasteiger partial charge in [0.15, 0.2) is 0 Å². The van der Waals surface area contributed by atoms with Gasteiger partial charge in [-0.05, 0) is 61.7 Å². The minimum absolute atomic E-state index is 0.0744. The Morgan fingerprint density at radius 2 is 1.69 bits per heavy atom. The van der Waals surface area contributed by atoms with E-state index >= 15 is 0 Å². The number of nitrogens with zero attached hydrogens (tertiary/aromatic N) is 2. The first kappa shape index (κ1) is 22.5. The van der Waals surface area contributed by atoms with Gasteiger partial charge in [0.2, 0.25) is 21.8 Å². The van der Waals surface area contributed by atoms with Gasteiger partial charge in [-0.1, -0.05) is 25.0 Å². The molecule has 2 aliphatic rings. The molecular formula is C24H29N3O4S. The van der Waals surface area contributed by atoms with Gasteiger partial charge in [0.25, 0.3) is 0 Å². The molecule has 2 saturated heterocycles. The highest BCUT2D eigenvalue weighted by Crippen LogP contribution is 2.27. The molecule has 0 spiro atoms. The molecule has 8 heteroatoms. The van der Waals surface area contributed by atoms with Crippen molar-refractivity contribution in [2.75, 3.05) is 29.9 Å². The maximum Gasteiger partial charge on any atom is 0.243 e. The molecule has 2 aromatic carbocycles. The molecule has 2 heterocycles. The molecule has 2 aliphatic heterocycles. The van der Waals surface area contributed by atoms with Gasteiger partial charge in [0.1, 0.15) is 0 Å². The van der Waals surface area contributed by atoms with Gasteiger partial charge < -0.3 is 10.2 Å². The zero-order valence-corrected chi connectivity index (χ0v) is 19.1. The van der Waals surface area contributed by atoms with Gasteiger partial charge in [0.05, 0.1) is 10.8 Å². The average Bonchev–Trinajstić information content (AvgIpc) is 2.97. The molecule has 2 fully saturated rings. The van der Waals surface area contributed by atoms with Gasteiger partial charge in [-0.2, -0.15) is 4.31 Å². The van der Waals surface area contributed by atoms with Crippen LogP contribution in [0.2, 0.25) is 0 Å². The highest BCUT2D eigenvalue weighted by Gasteiger charge is 2.35. The Balaban J connectivity index is 1.40. The Hall–Kier alpha value is -2.71. The molecule has 4 rings (SSSR count). The molecule has 0 aromatic heterocycles. The summed E-state index contributed by atoms with van der Waals surface area (Å²) in [4.78, 5) is 27.1. The molecule has 32 heavy (non-hydrogen) atoms. The summed E-state index contributed by atoms with van der Waals surface area (Å²) in [6.45, 7) is 3.39. The van der Waals surface area contributed by atoms with E-state index in [4.69, 9.17) is 0 Å². The largest absolute Gasteiger partial charge is 0.326 e. The van der Waals surface area contributed by atoms with E-state index < -0.39 is 15.9 Å². The van der Waals surface area contributed by atoms with Crippen molar-refractivity contribution < 1.29 is 18.0 Å². The number of carbonyl (C=O) groups excluding carboxylic acids is 2. The van der Waals surface area contributed by atoms with Gasteiger partial charge in [-0.3, -0.25) is 9.59 Å². The molecule has 1 atom stereocenters. The van der Waals surface area contributed by atoms with E-state index in [2.05, 4.69) is 5.32 Å². The third-order valence-electron chi connectivity index (χ3n) is 6.13. The van der Waals surface area contributed by atoms with E-state index in [1.54, 1.807) is 21.3 Å². The summed E-state index contributed by atoms with van der Waals surface area (Å²) >= 11 is 0. The van der Waals surface area contributed by atoms with Crippen molar-refractivity contribution in [2.45, 2.75) is 43.9 Å². The van der Waals surface area contributed by atoms with Crippen LogP contribution in [0.25, 0.3) is 0 Å². The lowest BCUT2D eigenvalue weighted by Gasteiger charge is -2.20. The van der Waals surface area contributed by atoms with E-state index in [1.165, 1.54) is 12.1 Å². The molecule has 170 valence electrons. The van der Waals surface area contributed by atoms with Crippen LogP contribution in [0.4, 0.5) is 11.4 Å². The Kier molecular flexibility index (Phi) is 6.62. The number of hydrogen-bond donors (Lipinski definition) is 1. The fraction of sp³-hybridized carbons (Fsp3) is 0.417. The Morgan fingerprint density at radius 3 is 2.34 bits per heavy atom.